The van der Waals surface area contributed by atoms with Gasteiger partial charge in [0.25, 0.3) is 0 Å². The van der Waals surface area contributed by atoms with Crippen LogP contribution >= 0.6 is 0 Å². The van der Waals surface area contributed by atoms with Gasteiger partial charge < -0.3 is 15.3 Å². The molecular formula is C10H12O4. The number of aromatic carboxylic acids is 1. The first kappa shape index (κ1) is 10.4. The summed E-state index contributed by atoms with van der Waals surface area (Å²) in [5.74, 6) is -1.60. The van der Waals surface area contributed by atoms with Crippen LogP contribution in [0.15, 0.2) is 12.1 Å². The van der Waals surface area contributed by atoms with E-state index in [1.807, 2.05) is 0 Å². The molecule has 0 heterocycles. The van der Waals surface area contributed by atoms with E-state index in [9.17, 15) is 15.0 Å². The van der Waals surface area contributed by atoms with Gasteiger partial charge in [-0.25, -0.2) is 4.79 Å². The Morgan fingerprint density at radius 1 is 1.21 bits per heavy atom. The lowest BCUT2D eigenvalue weighted by molar-refractivity contribution is 0.0696. The van der Waals surface area contributed by atoms with Crippen molar-refractivity contribution in [3.05, 3.63) is 23.3 Å². The second kappa shape index (κ2) is 3.57. The van der Waals surface area contributed by atoms with Crippen LogP contribution in [0.1, 0.15) is 35.7 Å². The first-order chi connectivity index (χ1) is 6.43. The maximum absolute atomic E-state index is 10.6. The zero-order valence-electron chi connectivity index (χ0n) is 7.98. The first-order valence-electron chi connectivity index (χ1n) is 4.22. The standard InChI is InChI=1S/C10H12O4/c1-5(2)9-7(11)3-6(10(13)14)4-8(9)12/h3-5,11-12H,1-2H3,(H,13,14). The summed E-state index contributed by atoms with van der Waals surface area (Å²) in [5, 5.41) is 27.6. The van der Waals surface area contributed by atoms with Crippen molar-refractivity contribution >= 4 is 5.97 Å². The van der Waals surface area contributed by atoms with E-state index in [-0.39, 0.29) is 23.0 Å². The Morgan fingerprint density at radius 3 is 1.93 bits per heavy atom. The Labute approximate surface area is 81.4 Å². The number of carboxylic acid groups (broad SMARTS) is 1. The van der Waals surface area contributed by atoms with Crippen LogP contribution in [0.4, 0.5) is 0 Å². The molecule has 0 unspecified atom stereocenters. The van der Waals surface area contributed by atoms with Gasteiger partial charge in [0.05, 0.1) is 5.56 Å². The Balaban J connectivity index is 3.32. The van der Waals surface area contributed by atoms with E-state index >= 15 is 0 Å². The van der Waals surface area contributed by atoms with Crippen LogP contribution in [-0.4, -0.2) is 21.3 Å². The third kappa shape index (κ3) is 1.79. The van der Waals surface area contributed by atoms with E-state index in [0.717, 1.165) is 12.1 Å². The van der Waals surface area contributed by atoms with E-state index in [4.69, 9.17) is 5.11 Å². The second-order valence-electron chi connectivity index (χ2n) is 3.39. The molecular weight excluding hydrogens is 184 g/mol. The fourth-order valence-corrected chi connectivity index (χ4v) is 1.34. The fourth-order valence-electron chi connectivity index (χ4n) is 1.34. The maximum atomic E-state index is 10.6. The van der Waals surface area contributed by atoms with Crippen molar-refractivity contribution in [3.8, 4) is 11.5 Å². The molecule has 0 amide bonds. The summed E-state index contributed by atoms with van der Waals surface area (Å²) < 4.78 is 0. The highest BCUT2D eigenvalue weighted by Crippen LogP contribution is 2.34. The van der Waals surface area contributed by atoms with Crippen LogP contribution in [0.25, 0.3) is 0 Å². The Hall–Kier alpha value is -1.71. The molecule has 4 nitrogen and oxygen atoms in total. The van der Waals surface area contributed by atoms with Crippen LogP contribution in [0.5, 0.6) is 11.5 Å². The van der Waals surface area contributed by atoms with Gasteiger partial charge in [-0.15, -0.1) is 0 Å². The van der Waals surface area contributed by atoms with E-state index in [1.54, 1.807) is 13.8 Å². The van der Waals surface area contributed by atoms with E-state index < -0.39 is 5.97 Å². The minimum Gasteiger partial charge on any atom is -0.507 e. The van der Waals surface area contributed by atoms with Gasteiger partial charge >= 0.3 is 5.97 Å². The summed E-state index contributed by atoms with van der Waals surface area (Å²) in [6, 6.07) is 2.27. The molecule has 4 heteroatoms. The number of rotatable bonds is 2. The number of hydrogen-bond acceptors (Lipinski definition) is 3. The van der Waals surface area contributed by atoms with Crippen LogP contribution in [0, 0.1) is 0 Å². The Kier molecular flexibility index (Phi) is 2.65. The predicted octanol–water partition coefficient (Wildman–Crippen LogP) is 1.92. The normalized spacial score (nSPS) is 10.5. The Morgan fingerprint density at radius 2 is 1.64 bits per heavy atom. The summed E-state index contributed by atoms with van der Waals surface area (Å²) in [6.07, 6.45) is 0. The third-order valence-electron chi connectivity index (χ3n) is 1.96. The number of benzene rings is 1. The van der Waals surface area contributed by atoms with Crippen molar-refractivity contribution in [2.45, 2.75) is 19.8 Å². The van der Waals surface area contributed by atoms with Crippen molar-refractivity contribution in [1.29, 1.82) is 0 Å². The average molecular weight is 196 g/mol. The summed E-state index contributed by atoms with van der Waals surface area (Å²) in [4.78, 5) is 10.6. The van der Waals surface area contributed by atoms with Gasteiger partial charge in [-0.1, -0.05) is 13.8 Å². The SMILES string of the molecule is CC(C)c1c(O)cc(C(=O)O)cc1O. The number of carbonyl (C=O) groups is 1. The molecule has 0 radical (unpaired) electrons. The highest BCUT2D eigenvalue weighted by Gasteiger charge is 2.15. The molecule has 1 rings (SSSR count). The van der Waals surface area contributed by atoms with Crippen molar-refractivity contribution in [1.82, 2.24) is 0 Å². The predicted molar refractivity (Wildman–Crippen MR) is 50.8 cm³/mol. The average Bonchev–Trinajstić information content (AvgIpc) is 2.01. The number of aromatic hydroxyl groups is 2. The lowest BCUT2D eigenvalue weighted by atomic mass is 9.99. The molecule has 0 spiro atoms. The smallest absolute Gasteiger partial charge is 0.335 e. The fraction of sp³-hybridized carbons (Fsp3) is 0.300. The lowest BCUT2D eigenvalue weighted by Crippen LogP contribution is -1.98. The minimum atomic E-state index is -1.18. The third-order valence-corrected chi connectivity index (χ3v) is 1.96. The number of phenolic OH excluding ortho intramolecular Hbond substituents is 2. The van der Waals surface area contributed by atoms with E-state index in [2.05, 4.69) is 0 Å². The van der Waals surface area contributed by atoms with Crippen molar-refractivity contribution < 1.29 is 20.1 Å². The van der Waals surface area contributed by atoms with E-state index in [1.165, 1.54) is 0 Å². The van der Waals surface area contributed by atoms with Gasteiger partial charge in [0, 0.05) is 5.56 Å². The molecule has 14 heavy (non-hydrogen) atoms. The Bertz CT molecular complexity index is 345. The zero-order chi connectivity index (χ0) is 10.9. The van der Waals surface area contributed by atoms with Crippen LogP contribution < -0.4 is 0 Å². The second-order valence-corrected chi connectivity index (χ2v) is 3.39. The largest absolute Gasteiger partial charge is 0.507 e. The monoisotopic (exact) mass is 196 g/mol. The topological polar surface area (TPSA) is 77.8 Å². The molecule has 0 saturated carbocycles. The lowest BCUT2D eigenvalue weighted by Gasteiger charge is -2.11. The van der Waals surface area contributed by atoms with Gasteiger partial charge in [0.15, 0.2) is 0 Å². The van der Waals surface area contributed by atoms with Gasteiger partial charge in [-0.3, -0.25) is 0 Å². The molecule has 0 atom stereocenters. The van der Waals surface area contributed by atoms with Gasteiger partial charge in [-0.05, 0) is 18.1 Å². The van der Waals surface area contributed by atoms with Crippen molar-refractivity contribution in [2.75, 3.05) is 0 Å². The molecule has 0 fully saturated rings. The summed E-state index contributed by atoms with van der Waals surface area (Å²) in [7, 11) is 0. The molecule has 3 N–H and O–H groups in total. The number of phenols is 2. The van der Waals surface area contributed by atoms with Crippen LogP contribution in [-0.2, 0) is 0 Å². The van der Waals surface area contributed by atoms with Crippen LogP contribution in [0.3, 0.4) is 0 Å². The molecule has 0 saturated heterocycles. The highest BCUT2D eigenvalue weighted by molar-refractivity contribution is 5.89. The van der Waals surface area contributed by atoms with Gasteiger partial charge in [-0.2, -0.15) is 0 Å². The minimum absolute atomic E-state index is 0.0576. The van der Waals surface area contributed by atoms with Crippen LogP contribution in [0.2, 0.25) is 0 Å². The molecule has 0 aromatic heterocycles. The molecule has 1 aromatic rings. The van der Waals surface area contributed by atoms with Gasteiger partial charge in [0.2, 0.25) is 0 Å². The van der Waals surface area contributed by atoms with E-state index in [0.29, 0.717) is 5.56 Å². The first-order valence-corrected chi connectivity index (χ1v) is 4.22. The summed E-state index contributed by atoms with van der Waals surface area (Å²) in [6.45, 7) is 3.60. The molecule has 0 bridgehead atoms. The summed E-state index contributed by atoms with van der Waals surface area (Å²) >= 11 is 0. The molecule has 76 valence electrons. The van der Waals surface area contributed by atoms with Crippen molar-refractivity contribution in [3.63, 3.8) is 0 Å². The maximum Gasteiger partial charge on any atom is 0.335 e. The molecule has 0 aliphatic heterocycles. The molecule has 0 aliphatic rings. The van der Waals surface area contributed by atoms with Crippen molar-refractivity contribution in [2.24, 2.45) is 0 Å². The zero-order valence-corrected chi connectivity index (χ0v) is 7.98. The molecule has 0 aliphatic carbocycles. The highest BCUT2D eigenvalue weighted by atomic mass is 16.4. The van der Waals surface area contributed by atoms with Gasteiger partial charge in [0.1, 0.15) is 11.5 Å². The number of hydrogen-bond donors (Lipinski definition) is 3. The molecule has 1 aromatic carbocycles. The number of carboxylic acids is 1. The summed E-state index contributed by atoms with van der Waals surface area (Å²) in [5.41, 5.74) is 0.249. The quantitative estimate of drug-likeness (QED) is 0.675.